The number of hydrogen-bond acceptors (Lipinski definition) is 5. The van der Waals surface area contributed by atoms with Crippen LogP contribution >= 0.6 is 11.3 Å². The van der Waals surface area contributed by atoms with Gasteiger partial charge >= 0.3 is 0 Å². The molecule has 0 radical (unpaired) electrons. The van der Waals surface area contributed by atoms with Crippen molar-refractivity contribution in [3.05, 3.63) is 46.4 Å². The highest BCUT2D eigenvalue weighted by molar-refractivity contribution is 7.89. The Bertz CT molecular complexity index is 623. The molecule has 0 saturated heterocycles. The molecule has 0 aliphatic carbocycles. The number of pyridine rings is 1. The molecule has 2 aromatic heterocycles. The Hall–Kier alpha value is -1.28. The van der Waals surface area contributed by atoms with E-state index in [0.717, 1.165) is 5.56 Å². The average Bonchev–Trinajstić information content (AvgIpc) is 2.89. The lowest BCUT2D eigenvalue weighted by atomic mass is 10.2. The van der Waals surface area contributed by atoms with E-state index >= 15 is 0 Å². The van der Waals surface area contributed by atoms with Crippen molar-refractivity contribution in [1.29, 1.82) is 0 Å². The van der Waals surface area contributed by atoms with Gasteiger partial charge in [0, 0.05) is 30.4 Å². The van der Waals surface area contributed by atoms with Crippen LogP contribution in [0.25, 0.3) is 0 Å². The lowest BCUT2D eigenvalue weighted by Crippen LogP contribution is -2.26. The van der Waals surface area contributed by atoms with Gasteiger partial charge in [0.05, 0.1) is 4.90 Å². The number of aromatic nitrogens is 1. The maximum Gasteiger partial charge on any atom is 0.241 e. The third-order valence-electron chi connectivity index (χ3n) is 2.61. The van der Waals surface area contributed by atoms with Gasteiger partial charge in [0.15, 0.2) is 0 Å². The van der Waals surface area contributed by atoms with Crippen molar-refractivity contribution >= 4 is 21.4 Å². The van der Waals surface area contributed by atoms with Crippen LogP contribution in [0.15, 0.2) is 40.9 Å². The second-order valence-corrected chi connectivity index (χ2v) is 6.66. The number of nitrogens with zero attached hydrogens (tertiary/aromatic N) is 1. The summed E-state index contributed by atoms with van der Waals surface area (Å²) in [6.45, 7) is 0.574. The first-order chi connectivity index (χ1) is 9.13. The van der Waals surface area contributed by atoms with Crippen molar-refractivity contribution in [2.24, 2.45) is 5.73 Å². The van der Waals surface area contributed by atoms with Crippen LogP contribution < -0.4 is 10.5 Å². The number of nitrogens with one attached hydrogen (secondary N) is 1. The SMILES string of the molecule is NCc1sccc1S(=O)(=O)NCCc1cccnc1. The Balaban J connectivity index is 1.99. The average molecular weight is 297 g/mol. The summed E-state index contributed by atoms with van der Waals surface area (Å²) < 4.78 is 26.8. The van der Waals surface area contributed by atoms with Crippen molar-refractivity contribution in [3.8, 4) is 0 Å². The van der Waals surface area contributed by atoms with E-state index < -0.39 is 10.0 Å². The smallest absolute Gasteiger partial charge is 0.241 e. The van der Waals surface area contributed by atoms with Crippen LogP contribution in [0.1, 0.15) is 10.4 Å². The molecule has 0 aliphatic heterocycles. The Morgan fingerprint density at radius 2 is 2.21 bits per heavy atom. The first-order valence-corrected chi connectivity index (χ1v) is 8.15. The van der Waals surface area contributed by atoms with E-state index in [0.29, 0.717) is 17.8 Å². The van der Waals surface area contributed by atoms with Crippen LogP contribution in [0.2, 0.25) is 0 Å². The Morgan fingerprint density at radius 1 is 1.37 bits per heavy atom. The van der Waals surface area contributed by atoms with Gasteiger partial charge in [-0.05, 0) is 29.5 Å². The molecule has 0 amide bonds. The Morgan fingerprint density at radius 3 is 2.89 bits per heavy atom. The number of rotatable bonds is 6. The molecule has 2 heterocycles. The fourth-order valence-corrected chi connectivity index (χ4v) is 4.04. The van der Waals surface area contributed by atoms with Crippen LogP contribution in [-0.4, -0.2) is 19.9 Å². The molecule has 2 aromatic rings. The standard InChI is InChI=1S/C12H15N3O2S2/c13-8-11-12(4-7-18-11)19(16,17)15-6-3-10-2-1-5-14-9-10/h1-2,4-5,7,9,15H,3,6,8,13H2. The van der Waals surface area contributed by atoms with E-state index in [2.05, 4.69) is 9.71 Å². The molecule has 0 spiro atoms. The number of nitrogens with two attached hydrogens (primary N) is 1. The van der Waals surface area contributed by atoms with Gasteiger partial charge in [-0.2, -0.15) is 0 Å². The third kappa shape index (κ3) is 3.60. The molecule has 2 rings (SSSR count). The summed E-state index contributed by atoms with van der Waals surface area (Å²) >= 11 is 1.35. The fraction of sp³-hybridized carbons (Fsp3) is 0.250. The normalized spacial score (nSPS) is 11.6. The van der Waals surface area contributed by atoms with Crippen LogP contribution in [0.4, 0.5) is 0 Å². The molecule has 7 heteroatoms. The van der Waals surface area contributed by atoms with Gasteiger partial charge in [-0.15, -0.1) is 11.3 Å². The summed E-state index contributed by atoms with van der Waals surface area (Å²) in [7, 11) is -3.47. The zero-order valence-electron chi connectivity index (χ0n) is 10.2. The first kappa shape index (κ1) is 14.1. The van der Waals surface area contributed by atoms with Crippen LogP contribution in [0.5, 0.6) is 0 Å². The Kier molecular flexibility index (Phi) is 4.65. The number of sulfonamides is 1. The third-order valence-corrected chi connectivity index (χ3v) is 5.23. The van der Waals surface area contributed by atoms with Gasteiger partial charge in [0.25, 0.3) is 0 Å². The molecule has 0 aromatic carbocycles. The maximum absolute atomic E-state index is 12.1. The second-order valence-electron chi connectivity index (χ2n) is 3.92. The maximum atomic E-state index is 12.1. The molecule has 0 atom stereocenters. The van der Waals surface area contributed by atoms with E-state index in [1.807, 2.05) is 12.1 Å². The largest absolute Gasteiger partial charge is 0.326 e. The highest BCUT2D eigenvalue weighted by atomic mass is 32.2. The molecule has 102 valence electrons. The van der Waals surface area contributed by atoms with Crippen molar-refractivity contribution in [2.75, 3.05) is 6.54 Å². The monoisotopic (exact) mass is 297 g/mol. The lowest BCUT2D eigenvalue weighted by Gasteiger charge is -2.06. The molecule has 19 heavy (non-hydrogen) atoms. The number of hydrogen-bond donors (Lipinski definition) is 2. The van der Waals surface area contributed by atoms with E-state index in [-0.39, 0.29) is 11.4 Å². The first-order valence-electron chi connectivity index (χ1n) is 5.78. The molecule has 0 fully saturated rings. The topological polar surface area (TPSA) is 85.1 Å². The summed E-state index contributed by atoms with van der Waals surface area (Å²) in [6.07, 6.45) is 4.02. The van der Waals surface area contributed by atoms with Gasteiger partial charge in [0.1, 0.15) is 0 Å². The highest BCUT2D eigenvalue weighted by Gasteiger charge is 2.18. The van der Waals surface area contributed by atoms with Crippen molar-refractivity contribution < 1.29 is 8.42 Å². The minimum Gasteiger partial charge on any atom is -0.326 e. The van der Waals surface area contributed by atoms with Crippen molar-refractivity contribution in [3.63, 3.8) is 0 Å². The Labute approximate surface area is 116 Å². The molecular formula is C12H15N3O2S2. The van der Waals surface area contributed by atoms with Gasteiger partial charge < -0.3 is 5.73 Å². The molecule has 0 aliphatic rings. The summed E-state index contributed by atoms with van der Waals surface area (Å²) in [6, 6.07) is 5.33. The molecule has 3 N–H and O–H groups in total. The van der Waals surface area contributed by atoms with E-state index in [1.54, 1.807) is 23.8 Å². The summed E-state index contributed by atoms with van der Waals surface area (Å²) in [5.74, 6) is 0. The van der Waals surface area contributed by atoms with Gasteiger partial charge in [-0.1, -0.05) is 6.07 Å². The predicted octanol–water partition coefficient (Wildman–Crippen LogP) is 1.12. The van der Waals surface area contributed by atoms with Crippen LogP contribution in [0.3, 0.4) is 0 Å². The summed E-state index contributed by atoms with van der Waals surface area (Å²) in [5.41, 5.74) is 6.52. The van der Waals surface area contributed by atoms with E-state index in [9.17, 15) is 8.42 Å². The predicted molar refractivity (Wildman–Crippen MR) is 75.3 cm³/mol. The zero-order valence-corrected chi connectivity index (χ0v) is 11.9. The van der Waals surface area contributed by atoms with Gasteiger partial charge in [-0.25, -0.2) is 13.1 Å². The summed E-state index contributed by atoms with van der Waals surface area (Å²) in [5, 5.41) is 1.73. The molecule has 5 nitrogen and oxygen atoms in total. The van der Waals surface area contributed by atoms with Crippen LogP contribution in [0, 0.1) is 0 Å². The van der Waals surface area contributed by atoms with Crippen LogP contribution in [-0.2, 0) is 23.0 Å². The molecule has 0 unspecified atom stereocenters. The molecular weight excluding hydrogens is 282 g/mol. The molecule has 0 bridgehead atoms. The fourth-order valence-electron chi connectivity index (χ4n) is 1.67. The minimum absolute atomic E-state index is 0.233. The second kappa shape index (κ2) is 6.25. The van der Waals surface area contributed by atoms with E-state index in [1.165, 1.54) is 11.3 Å². The lowest BCUT2D eigenvalue weighted by molar-refractivity contribution is 0.581. The van der Waals surface area contributed by atoms with Gasteiger partial charge in [0.2, 0.25) is 10.0 Å². The van der Waals surface area contributed by atoms with Crippen molar-refractivity contribution in [1.82, 2.24) is 9.71 Å². The van der Waals surface area contributed by atoms with E-state index in [4.69, 9.17) is 5.73 Å². The minimum atomic E-state index is -3.47. The van der Waals surface area contributed by atoms with Gasteiger partial charge in [-0.3, -0.25) is 4.98 Å². The number of thiophene rings is 1. The highest BCUT2D eigenvalue weighted by Crippen LogP contribution is 2.20. The summed E-state index contributed by atoms with van der Waals surface area (Å²) in [4.78, 5) is 4.94. The zero-order chi connectivity index (χ0) is 13.7. The quantitative estimate of drug-likeness (QED) is 0.837. The molecule has 0 saturated carbocycles. The van der Waals surface area contributed by atoms with Crippen molar-refractivity contribution in [2.45, 2.75) is 17.9 Å².